The maximum absolute atomic E-state index is 13.8. The van der Waals surface area contributed by atoms with Crippen molar-refractivity contribution in [3.63, 3.8) is 0 Å². The smallest absolute Gasteiger partial charge is 0.266 e. The van der Waals surface area contributed by atoms with Crippen molar-refractivity contribution in [2.75, 3.05) is 24.7 Å². The Morgan fingerprint density at radius 1 is 1.26 bits per heavy atom. The number of halogens is 1. The molecule has 1 atom stereocenters. The number of hydrogen-bond donors (Lipinski definition) is 0. The number of fused-ring (bicyclic) bond motifs is 1. The molecule has 1 aliphatic heterocycles. The number of nitrogens with zero attached hydrogens (tertiary/aromatic N) is 2. The zero-order valence-corrected chi connectivity index (χ0v) is 15.5. The van der Waals surface area contributed by atoms with Crippen molar-refractivity contribution >= 4 is 32.6 Å². The Kier molecular flexibility index (Phi) is 5.31. The minimum atomic E-state index is -0.490. The molecule has 1 aliphatic rings. The topological polar surface area (TPSA) is 51.7 Å². The lowest BCUT2D eigenvalue weighted by atomic mass is 10.2. The highest BCUT2D eigenvalue weighted by Crippen LogP contribution is 2.30. The predicted molar refractivity (Wildman–Crippen MR) is 103 cm³/mol. The van der Waals surface area contributed by atoms with Crippen molar-refractivity contribution in [3.8, 4) is 5.75 Å². The third-order valence-electron chi connectivity index (χ3n) is 4.41. The van der Waals surface area contributed by atoms with Gasteiger partial charge in [0.25, 0.3) is 5.91 Å². The number of thiazole rings is 1. The number of para-hydroxylation sites is 2. The maximum Gasteiger partial charge on any atom is 0.266 e. The third kappa shape index (κ3) is 4.09. The van der Waals surface area contributed by atoms with Crippen molar-refractivity contribution in [1.29, 1.82) is 0 Å². The van der Waals surface area contributed by atoms with E-state index in [1.54, 1.807) is 17.0 Å². The van der Waals surface area contributed by atoms with E-state index in [-0.39, 0.29) is 24.4 Å². The van der Waals surface area contributed by atoms with Crippen LogP contribution in [-0.2, 0) is 9.53 Å². The van der Waals surface area contributed by atoms with Crippen LogP contribution in [-0.4, -0.2) is 36.8 Å². The highest BCUT2D eigenvalue weighted by molar-refractivity contribution is 7.22. The van der Waals surface area contributed by atoms with E-state index in [0.29, 0.717) is 18.3 Å². The van der Waals surface area contributed by atoms with Crippen LogP contribution in [0.15, 0.2) is 48.5 Å². The molecule has 0 unspecified atom stereocenters. The van der Waals surface area contributed by atoms with Gasteiger partial charge in [0.05, 0.1) is 22.9 Å². The molecule has 0 bridgehead atoms. The first-order valence-electron chi connectivity index (χ1n) is 8.85. The number of rotatable bonds is 6. The summed E-state index contributed by atoms with van der Waals surface area (Å²) in [5.41, 5.74) is 0.845. The molecule has 140 valence electrons. The van der Waals surface area contributed by atoms with E-state index in [1.807, 2.05) is 24.3 Å². The maximum atomic E-state index is 13.8. The monoisotopic (exact) mass is 386 g/mol. The highest BCUT2D eigenvalue weighted by atomic mass is 32.1. The Labute approximate surface area is 160 Å². The minimum absolute atomic E-state index is 0.0191. The van der Waals surface area contributed by atoms with Crippen LogP contribution < -0.4 is 9.64 Å². The van der Waals surface area contributed by atoms with E-state index in [4.69, 9.17) is 9.47 Å². The molecule has 0 spiro atoms. The van der Waals surface area contributed by atoms with Gasteiger partial charge < -0.3 is 9.47 Å². The van der Waals surface area contributed by atoms with Gasteiger partial charge in [-0.1, -0.05) is 35.6 Å². The second-order valence-corrected chi connectivity index (χ2v) is 7.33. The second-order valence-electron chi connectivity index (χ2n) is 6.32. The van der Waals surface area contributed by atoms with Gasteiger partial charge in [-0.15, -0.1) is 0 Å². The fourth-order valence-electron chi connectivity index (χ4n) is 3.03. The van der Waals surface area contributed by atoms with E-state index >= 15 is 0 Å². The molecule has 3 aromatic rings. The number of carbonyl (C=O) groups excluding carboxylic acids is 1. The fourth-order valence-corrected chi connectivity index (χ4v) is 4.03. The fraction of sp³-hybridized carbons (Fsp3) is 0.300. The summed E-state index contributed by atoms with van der Waals surface area (Å²) in [6.07, 6.45) is 1.87. The molecule has 0 radical (unpaired) electrons. The van der Waals surface area contributed by atoms with Crippen LogP contribution >= 0.6 is 11.3 Å². The Hall–Kier alpha value is -2.51. The van der Waals surface area contributed by atoms with Crippen molar-refractivity contribution in [3.05, 3.63) is 54.3 Å². The summed E-state index contributed by atoms with van der Waals surface area (Å²) in [6, 6.07) is 13.8. The summed E-state index contributed by atoms with van der Waals surface area (Å²) >= 11 is 1.45. The Balaban J connectivity index is 1.54. The van der Waals surface area contributed by atoms with Crippen LogP contribution in [0, 0.1) is 5.82 Å². The van der Waals surface area contributed by atoms with Crippen LogP contribution in [0.25, 0.3) is 10.2 Å². The quantitative estimate of drug-likeness (QED) is 0.642. The number of aromatic nitrogens is 1. The molecule has 1 saturated heterocycles. The molecule has 27 heavy (non-hydrogen) atoms. The molecule has 2 aromatic carbocycles. The number of anilines is 1. The molecule has 1 fully saturated rings. The van der Waals surface area contributed by atoms with Crippen LogP contribution in [0.4, 0.5) is 9.52 Å². The number of benzene rings is 2. The second kappa shape index (κ2) is 8.02. The van der Waals surface area contributed by atoms with Crippen molar-refractivity contribution < 1.29 is 18.7 Å². The highest BCUT2D eigenvalue weighted by Gasteiger charge is 2.26. The Bertz CT molecular complexity index is 907. The van der Waals surface area contributed by atoms with Crippen molar-refractivity contribution in [2.24, 2.45) is 0 Å². The largest absolute Gasteiger partial charge is 0.481 e. The van der Waals surface area contributed by atoms with Crippen LogP contribution in [0.5, 0.6) is 5.75 Å². The van der Waals surface area contributed by atoms with Gasteiger partial charge in [0.15, 0.2) is 23.3 Å². The number of carbonyl (C=O) groups is 1. The van der Waals surface area contributed by atoms with Gasteiger partial charge in [0, 0.05) is 6.61 Å². The molecular weight excluding hydrogens is 367 g/mol. The number of amides is 1. The normalized spacial score (nSPS) is 16.6. The molecule has 4 rings (SSSR count). The zero-order valence-electron chi connectivity index (χ0n) is 14.6. The molecule has 2 heterocycles. The molecule has 0 N–H and O–H groups in total. The van der Waals surface area contributed by atoms with E-state index in [0.717, 1.165) is 23.1 Å². The molecule has 0 saturated carbocycles. The molecule has 1 amide bonds. The predicted octanol–water partition coefficient (Wildman–Crippen LogP) is 4.03. The first-order chi connectivity index (χ1) is 13.2. The molecule has 7 heteroatoms. The van der Waals surface area contributed by atoms with Gasteiger partial charge in [-0.3, -0.25) is 9.69 Å². The molecular formula is C20H19FN2O3S. The average Bonchev–Trinajstić information content (AvgIpc) is 3.34. The Morgan fingerprint density at radius 3 is 2.85 bits per heavy atom. The minimum Gasteiger partial charge on any atom is -0.481 e. The first kappa shape index (κ1) is 17.9. The lowest BCUT2D eigenvalue weighted by molar-refractivity contribution is -0.121. The van der Waals surface area contributed by atoms with Gasteiger partial charge in [-0.2, -0.15) is 0 Å². The molecule has 0 aliphatic carbocycles. The van der Waals surface area contributed by atoms with E-state index < -0.39 is 5.82 Å². The summed E-state index contributed by atoms with van der Waals surface area (Å²) in [5, 5.41) is 0.605. The van der Waals surface area contributed by atoms with Gasteiger partial charge >= 0.3 is 0 Å². The Morgan fingerprint density at radius 2 is 2.07 bits per heavy atom. The summed E-state index contributed by atoms with van der Waals surface area (Å²) in [4.78, 5) is 19.1. The van der Waals surface area contributed by atoms with Gasteiger partial charge in [0.2, 0.25) is 0 Å². The summed E-state index contributed by atoms with van der Waals surface area (Å²) < 4.78 is 25.9. The lowest BCUT2D eigenvalue weighted by Crippen LogP contribution is -2.40. The van der Waals surface area contributed by atoms with Gasteiger partial charge in [-0.05, 0) is 37.1 Å². The van der Waals surface area contributed by atoms with E-state index in [9.17, 15) is 9.18 Å². The van der Waals surface area contributed by atoms with Crippen LogP contribution in [0.1, 0.15) is 12.8 Å². The van der Waals surface area contributed by atoms with Gasteiger partial charge in [0.1, 0.15) is 0 Å². The van der Waals surface area contributed by atoms with Crippen LogP contribution in [0.2, 0.25) is 0 Å². The number of hydrogen-bond acceptors (Lipinski definition) is 5. The van der Waals surface area contributed by atoms with Crippen LogP contribution in [0.3, 0.4) is 0 Å². The SMILES string of the molecule is O=C(COc1ccccc1F)N(C[C@H]1CCCO1)c1nc2ccccc2s1. The van der Waals surface area contributed by atoms with E-state index in [1.165, 1.54) is 23.5 Å². The lowest BCUT2D eigenvalue weighted by Gasteiger charge is -2.23. The standard InChI is InChI=1S/C20H19FN2O3S/c21-15-7-1-3-9-17(15)26-13-19(24)23(12-14-6-5-11-25-14)20-22-16-8-2-4-10-18(16)27-20/h1-4,7-10,14H,5-6,11-13H2/t14-/m1/s1. The third-order valence-corrected chi connectivity index (χ3v) is 5.47. The number of ether oxygens (including phenoxy) is 2. The van der Waals surface area contributed by atoms with Gasteiger partial charge in [-0.25, -0.2) is 9.37 Å². The molecule has 5 nitrogen and oxygen atoms in total. The molecule has 1 aromatic heterocycles. The summed E-state index contributed by atoms with van der Waals surface area (Å²) in [5.74, 6) is -0.698. The zero-order chi connectivity index (χ0) is 18.6. The van der Waals surface area contributed by atoms with E-state index in [2.05, 4.69) is 4.98 Å². The summed E-state index contributed by atoms with van der Waals surface area (Å²) in [6.45, 7) is 0.862. The van der Waals surface area contributed by atoms with Crippen molar-refractivity contribution in [2.45, 2.75) is 18.9 Å². The first-order valence-corrected chi connectivity index (χ1v) is 9.67. The summed E-state index contributed by atoms with van der Waals surface area (Å²) in [7, 11) is 0. The average molecular weight is 386 g/mol. The van der Waals surface area contributed by atoms with Crippen molar-refractivity contribution in [1.82, 2.24) is 4.98 Å².